The fourth-order valence-electron chi connectivity index (χ4n) is 3.19. The second-order valence-corrected chi connectivity index (χ2v) is 7.94. The number of rotatable bonds is 10. The standard InChI is InChI=1S/C23H27F3N6O/c1-15(2)29-21-12-17(23(24,25)26)13-22-30-20(31-32(21)22)10-9-19(33)16-7-8-18(28-14-16)6-4-3-5-11-27/h3-4,7-8,12-15,29H,5-6,9-11,27H2,1-2H3/b4-3+. The average Bonchev–Trinajstić information content (AvgIpc) is 3.18. The van der Waals surface area contributed by atoms with E-state index in [-0.39, 0.29) is 36.1 Å². The Morgan fingerprint density at radius 1 is 1.24 bits per heavy atom. The molecule has 3 rings (SSSR count). The van der Waals surface area contributed by atoms with Crippen LogP contribution in [0.3, 0.4) is 0 Å². The summed E-state index contributed by atoms with van der Waals surface area (Å²) in [5.41, 5.74) is 6.01. The SMILES string of the molecule is CC(C)Nc1cc(C(F)(F)F)cc2nc(CCC(=O)c3ccc(C/C=C/CCN)nc3)nn12. The van der Waals surface area contributed by atoms with Gasteiger partial charge >= 0.3 is 6.18 Å². The molecule has 0 saturated heterocycles. The van der Waals surface area contributed by atoms with Crippen LogP contribution in [0.4, 0.5) is 19.0 Å². The van der Waals surface area contributed by atoms with Gasteiger partial charge in [0.2, 0.25) is 0 Å². The highest BCUT2D eigenvalue weighted by Crippen LogP contribution is 2.32. The van der Waals surface area contributed by atoms with Gasteiger partial charge in [0.25, 0.3) is 0 Å². The van der Waals surface area contributed by atoms with E-state index in [4.69, 9.17) is 5.73 Å². The maximum atomic E-state index is 13.3. The molecule has 33 heavy (non-hydrogen) atoms. The summed E-state index contributed by atoms with van der Waals surface area (Å²) < 4.78 is 41.1. The number of Topliss-reactive ketones (excluding diaryl/α,β-unsaturated/α-hetero) is 1. The Labute approximate surface area is 189 Å². The Morgan fingerprint density at radius 3 is 2.67 bits per heavy atom. The lowest BCUT2D eigenvalue weighted by atomic mass is 10.1. The van der Waals surface area contributed by atoms with Gasteiger partial charge in [-0.25, -0.2) is 4.98 Å². The number of hydrogen-bond acceptors (Lipinski definition) is 6. The van der Waals surface area contributed by atoms with E-state index < -0.39 is 11.7 Å². The molecule has 0 bridgehead atoms. The molecule has 10 heteroatoms. The molecule has 0 radical (unpaired) electrons. The lowest BCUT2D eigenvalue weighted by Crippen LogP contribution is -2.15. The highest BCUT2D eigenvalue weighted by atomic mass is 19.4. The van der Waals surface area contributed by atoms with Gasteiger partial charge in [0.1, 0.15) is 5.82 Å². The summed E-state index contributed by atoms with van der Waals surface area (Å²) in [7, 11) is 0. The van der Waals surface area contributed by atoms with E-state index in [1.807, 2.05) is 26.0 Å². The Bertz CT molecular complexity index is 1120. The first kappa shape index (κ1) is 24.4. The van der Waals surface area contributed by atoms with Gasteiger partial charge in [0.05, 0.1) is 5.56 Å². The summed E-state index contributed by atoms with van der Waals surface area (Å²) >= 11 is 0. The van der Waals surface area contributed by atoms with Gasteiger partial charge in [-0.15, -0.1) is 5.10 Å². The van der Waals surface area contributed by atoms with Crippen molar-refractivity contribution in [2.45, 2.75) is 51.7 Å². The number of fused-ring (bicyclic) bond motifs is 1. The fourth-order valence-corrected chi connectivity index (χ4v) is 3.19. The molecule has 7 nitrogen and oxygen atoms in total. The van der Waals surface area contributed by atoms with E-state index in [1.165, 1.54) is 10.7 Å². The van der Waals surface area contributed by atoms with Crippen LogP contribution in [-0.4, -0.2) is 38.0 Å². The molecular weight excluding hydrogens is 433 g/mol. The molecule has 0 amide bonds. The largest absolute Gasteiger partial charge is 0.416 e. The summed E-state index contributed by atoms with van der Waals surface area (Å²) in [5, 5.41) is 7.27. The van der Waals surface area contributed by atoms with Crippen LogP contribution in [0.5, 0.6) is 0 Å². The van der Waals surface area contributed by atoms with Gasteiger partial charge in [0, 0.05) is 42.8 Å². The molecule has 3 heterocycles. The first-order valence-electron chi connectivity index (χ1n) is 10.7. The molecule has 0 aliphatic carbocycles. The topological polar surface area (TPSA) is 98.2 Å². The maximum Gasteiger partial charge on any atom is 0.416 e. The number of hydrogen-bond donors (Lipinski definition) is 2. The smallest absolute Gasteiger partial charge is 0.368 e. The molecule has 3 aromatic heterocycles. The van der Waals surface area contributed by atoms with Crippen LogP contribution in [-0.2, 0) is 19.0 Å². The molecule has 0 aliphatic heterocycles. The van der Waals surface area contributed by atoms with Crippen molar-refractivity contribution in [1.29, 1.82) is 0 Å². The van der Waals surface area contributed by atoms with Gasteiger partial charge in [-0.3, -0.25) is 9.78 Å². The van der Waals surface area contributed by atoms with Crippen molar-refractivity contribution in [2.75, 3.05) is 11.9 Å². The second-order valence-electron chi connectivity index (χ2n) is 7.94. The molecule has 0 atom stereocenters. The van der Waals surface area contributed by atoms with Crippen molar-refractivity contribution in [3.63, 3.8) is 0 Å². The zero-order valence-electron chi connectivity index (χ0n) is 18.6. The second kappa shape index (κ2) is 10.6. The maximum absolute atomic E-state index is 13.3. The van der Waals surface area contributed by atoms with Gasteiger partial charge in [0.15, 0.2) is 17.3 Å². The minimum Gasteiger partial charge on any atom is -0.368 e. The number of nitrogens with zero attached hydrogens (tertiary/aromatic N) is 4. The quantitative estimate of drug-likeness (QED) is 0.347. The van der Waals surface area contributed by atoms with Crippen LogP contribution in [0.1, 0.15) is 54.1 Å². The van der Waals surface area contributed by atoms with E-state index in [0.29, 0.717) is 24.4 Å². The van der Waals surface area contributed by atoms with Gasteiger partial charge in [-0.1, -0.05) is 12.2 Å². The highest BCUT2D eigenvalue weighted by molar-refractivity contribution is 5.95. The summed E-state index contributed by atoms with van der Waals surface area (Å²) in [6.07, 6.45) is 2.79. The van der Waals surface area contributed by atoms with E-state index in [1.54, 1.807) is 12.1 Å². The number of halogens is 3. The van der Waals surface area contributed by atoms with Crippen molar-refractivity contribution in [1.82, 2.24) is 19.6 Å². The molecule has 3 aromatic rings. The molecule has 0 fully saturated rings. The van der Waals surface area contributed by atoms with Crippen molar-refractivity contribution >= 4 is 17.2 Å². The Morgan fingerprint density at radius 2 is 2.03 bits per heavy atom. The number of anilines is 1. The zero-order chi connectivity index (χ0) is 24.0. The molecule has 0 aliphatic rings. The van der Waals surface area contributed by atoms with Crippen molar-refractivity contribution < 1.29 is 18.0 Å². The van der Waals surface area contributed by atoms with Crippen LogP contribution in [0.2, 0.25) is 0 Å². The minimum atomic E-state index is -4.50. The number of allylic oxidation sites excluding steroid dienone is 1. The Hall–Kier alpha value is -3.27. The number of nitrogens with one attached hydrogen (secondary N) is 1. The average molecular weight is 461 g/mol. The number of nitrogens with two attached hydrogens (primary N) is 1. The summed E-state index contributed by atoms with van der Waals surface area (Å²) in [6.45, 7) is 4.23. The molecular formula is C23H27F3N6O. The highest BCUT2D eigenvalue weighted by Gasteiger charge is 2.32. The Kier molecular flexibility index (Phi) is 7.80. The number of carbonyl (C=O) groups excluding carboxylic acids is 1. The van der Waals surface area contributed by atoms with E-state index in [0.717, 1.165) is 24.2 Å². The fraction of sp³-hybridized carbons (Fsp3) is 0.391. The molecule has 3 N–H and O–H groups in total. The molecule has 0 saturated carbocycles. The summed E-state index contributed by atoms with van der Waals surface area (Å²) in [4.78, 5) is 21.1. The van der Waals surface area contributed by atoms with Gasteiger partial charge < -0.3 is 11.1 Å². The van der Waals surface area contributed by atoms with Crippen molar-refractivity contribution in [3.8, 4) is 0 Å². The van der Waals surface area contributed by atoms with Crippen LogP contribution in [0.15, 0.2) is 42.6 Å². The predicted octanol–water partition coefficient (Wildman–Crippen LogP) is 4.23. The number of aromatic nitrogens is 4. The molecule has 0 spiro atoms. The third kappa shape index (κ3) is 6.61. The number of pyridine rings is 2. The lowest BCUT2D eigenvalue weighted by molar-refractivity contribution is -0.137. The monoisotopic (exact) mass is 460 g/mol. The van der Waals surface area contributed by atoms with Crippen molar-refractivity contribution in [3.05, 3.63) is 65.3 Å². The van der Waals surface area contributed by atoms with E-state index in [9.17, 15) is 18.0 Å². The van der Waals surface area contributed by atoms with E-state index in [2.05, 4.69) is 20.4 Å². The molecule has 0 aromatic carbocycles. The van der Waals surface area contributed by atoms with Crippen LogP contribution in [0, 0.1) is 0 Å². The predicted molar refractivity (Wildman–Crippen MR) is 120 cm³/mol. The van der Waals surface area contributed by atoms with Crippen molar-refractivity contribution in [2.24, 2.45) is 5.73 Å². The third-order valence-electron chi connectivity index (χ3n) is 4.79. The number of ketones is 1. The van der Waals surface area contributed by atoms with Gasteiger partial charge in [-0.2, -0.15) is 17.7 Å². The Balaban J connectivity index is 1.71. The van der Waals surface area contributed by atoms with Crippen LogP contribution < -0.4 is 11.1 Å². The van der Waals surface area contributed by atoms with E-state index >= 15 is 0 Å². The van der Waals surface area contributed by atoms with Gasteiger partial charge in [-0.05, 0) is 51.1 Å². The van der Waals surface area contributed by atoms with Crippen LogP contribution >= 0.6 is 0 Å². The first-order chi connectivity index (χ1) is 15.7. The van der Waals surface area contributed by atoms with Crippen LogP contribution in [0.25, 0.3) is 5.65 Å². The molecule has 176 valence electrons. The normalized spacial score (nSPS) is 12.2. The lowest BCUT2D eigenvalue weighted by Gasteiger charge is -2.14. The first-order valence-corrected chi connectivity index (χ1v) is 10.7. The molecule has 0 unspecified atom stereocenters. The number of alkyl halides is 3. The summed E-state index contributed by atoms with van der Waals surface area (Å²) in [6, 6.07) is 5.38. The summed E-state index contributed by atoms with van der Waals surface area (Å²) in [5.74, 6) is 0.354. The third-order valence-corrected chi connectivity index (χ3v) is 4.79. The minimum absolute atomic E-state index is 0.0733. The number of carbonyl (C=O) groups is 1. The number of aryl methyl sites for hydroxylation is 1. The zero-order valence-corrected chi connectivity index (χ0v) is 18.6.